The molecule has 6 nitrogen and oxygen atoms in total. The number of aromatic nitrogens is 1. The van der Waals surface area contributed by atoms with Gasteiger partial charge < -0.3 is 20.1 Å². The lowest BCUT2D eigenvalue weighted by molar-refractivity contribution is -0.141. The Morgan fingerprint density at radius 2 is 2.17 bits per heavy atom. The highest BCUT2D eigenvalue weighted by Crippen LogP contribution is 2.19. The van der Waals surface area contributed by atoms with Gasteiger partial charge in [-0.2, -0.15) is 0 Å². The second-order valence-corrected chi connectivity index (χ2v) is 5.49. The number of aromatic amines is 1. The zero-order chi connectivity index (χ0) is 17.4. The van der Waals surface area contributed by atoms with E-state index in [-0.39, 0.29) is 18.7 Å². The van der Waals surface area contributed by atoms with E-state index in [1.807, 2.05) is 24.3 Å². The molecule has 6 heteroatoms. The van der Waals surface area contributed by atoms with Gasteiger partial charge in [0.05, 0.1) is 6.61 Å². The van der Waals surface area contributed by atoms with Crippen LogP contribution in [0, 0.1) is 0 Å². The predicted octanol–water partition coefficient (Wildman–Crippen LogP) is 2.26. The summed E-state index contributed by atoms with van der Waals surface area (Å²) in [7, 11) is 0. The van der Waals surface area contributed by atoms with Crippen LogP contribution in [0.15, 0.2) is 43.1 Å². The van der Waals surface area contributed by atoms with Crippen LogP contribution in [0.25, 0.3) is 10.9 Å². The van der Waals surface area contributed by atoms with Crippen molar-refractivity contribution in [2.75, 3.05) is 13.2 Å². The SMILES string of the molecule is C=CCOCCCC(=O)NC(Cc1c[nH]c2ccccc12)C(=O)O. The van der Waals surface area contributed by atoms with E-state index in [0.29, 0.717) is 19.6 Å². The molecule has 1 heterocycles. The summed E-state index contributed by atoms with van der Waals surface area (Å²) in [6.07, 6.45) is 4.43. The molecule has 3 N–H and O–H groups in total. The van der Waals surface area contributed by atoms with E-state index in [2.05, 4.69) is 16.9 Å². The summed E-state index contributed by atoms with van der Waals surface area (Å²) < 4.78 is 5.20. The molecule has 2 rings (SSSR count). The molecule has 1 aromatic carbocycles. The summed E-state index contributed by atoms with van der Waals surface area (Å²) in [5.41, 5.74) is 1.81. The van der Waals surface area contributed by atoms with Crippen molar-refractivity contribution in [3.8, 4) is 0 Å². The van der Waals surface area contributed by atoms with Crippen LogP contribution in [0.3, 0.4) is 0 Å². The van der Waals surface area contributed by atoms with Crippen LogP contribution in [-0.4, -0.2) is 41.2 Å². The summed E-state index contributed by atoms with van der Waals surface area (Å²) in [6.45, 7) is 4.43. The van der Waals surface area contributed by atoms with Crippen molar-refractivity contribution in [3.05, 3.63) is 48.7 Å². The van der Waals surface area contributed by atoms with Crippen molar-refractivity contribution in [1.82, 2.24) is 10.3 Å². The Hall–Kier alpha value is -2.60. The van der Waals surface area contributed by atoms with E-state index in [1.54, 1.807) is 12.3 Å². The average Bonchev–Trinajstić information content (AvgIpc) is 2.97. The number of carbonyl (C=O) groups is 2. The number of hydrogen-bond acceptors (Lipinski definition) is 3. The Morgan fingerprint density at radius 1 is 1.38 bits per heavy atom. The number of carboxylic acid groups (broad SMARTS) is 1. The van der Waals surface area contributed by atoms with Crippen molar-refractivity contribution in [2.24, 2.45) is 0 Å². The largest absolute Gasteiger partial charge is 0.480 e. The summed E-state index contributed by atoms with van der Waals surface area (Å²) in [6, 6.07) is 6.71. The third kappa shape index (κ3) is 4.96. The predicted molar refractivity (Wildman–Crippen MR) is 91.8 cm³/mol. The summed E-state index contributed by atoms with van der Waals surface area (Å²) in [5, 5.41) is 12.9. The molecule has 0 bridgehead atoms. The van der Waals surface area contributed by atoms with Crippen molar-refractivity contribution in [3.63, 3.8) is 0 Å². The molecule has 2 aromatic rings. The van der Waals surface area contributed by atoms with Gasteiger partial charge in [-0.1, -0.05) is 24.3 Å². The molecule has 0 aliphatic carbocycles. The van der Waals surface area contributed by atoms with Gasteiger partial charge in [0, 0.05) is 36.5 Å². The van der Waals surface area contributed by atoms with Gasteiger partial charge in [0.15, 0.2) is 0 Å². The Kier molecular flexibility index (Phi) is 6.57. The van der Waals surface area contributed by atoms with E-state index in [4.69, 9.17) is 4.74 Å². The van der Waals surface area contributed by atoms with Gasteiger partial charge in [0.2, 0.25) is 5.91 Å². The number of nitrogens with one attached hydrogen (secondary N) is 2. The number of fused-ring (bicyclic) bond motifs is 1. The number of para-hydroxylation sites is 1. The first kappa shape index (κ1) is 17.7. The van der Waals surface area contributed by atoms with E-state index in [0.717, 1.165) is 16.5 Å². The van der Waals surface area contributed by atoms with Gasteiger partial charge in [-0.15, -0.1) is 6.58 Å². The lowest BCUT2D eigenvalue weighted by atomic mass is 10.0. The lowest BCUT2D eigenvalue weighted by Gasteiger charge is -2.14. The normalized spacial score (nSPS) is 12.0. The number of rotatable bonds is 10. The molecule has 0 saturated carbocycles. The number of H-pyrrole nitrogens is 1. The number of amides is 1. The van der Waals surface area contributed by atoms with Crippen LogP contribution < -0.4 is 5.32 Å². The molecule has 0 aliphatic rings. The fraction of sp³-hybridized carbons (Fsp3) is 0.333. The van der Waals surface area contributed by atoms with Gasteiger partial charge in [-0.05, 0) is 18.1 Å². The molecule has 128 valence electrons. The van der Waals surface area contributed by atoms with E-state index in [1.165, 1.54) is 0 Å². The highest BCUT2D eigenvalue weighted by atomic mass is 16.5. The first-order chi connectivity index (χ1) is 11.6. The van der Waals surface area contributed by atoms with Crippen LogP contribution in [0.4, 0.5) is 0 Å². The topological polar surface area (TPSA) is 91.4 Å². The quantitative estimate of drug-likeness (QED) is 0.460. The first-order valence-electron chi connectivity index (χ1n) is 7.87. The monoisotopic (exact) mass is 330 g/mol. The molecule has 1 atom stereocenters. The maximum absolute atomic E-state index is 11.9. The minimum atomic E-state index is -1.04. The molecule has 0 aliphatic heterocycles. The molecular weight excluding hydrogens is 308 g/mol. The number of aliphatic carboxylic acids is 1. The van der Waals surface area contributed by atoms with Crippen LogP contribution in [0.2, 0.25) is 0 Å². The number of ether oxygens (including phenoxy) is 1. The molecular formula is C18H22N2O4. The van der Waals surface area contributed by atoms with Gasteiger partial charge >= 0.3 is 5.97 Å². The van der Waals surface area contributed by atoms with Gasteiger partial charge in [-0.3, -0.25) is 4.79 Å². The number of carboxylic acids is 1. The molecule has 1 aromatic heterocycles. The number of carbonyl (C=O) groups excluding carboxylic acids is 1. The molecule has 1 unspecified atom stereocenters. The molecule has 0 spiro atoms. The highest BCUT2D eigenvalue weighted by Gasteiger charge is 2.21. The minimum Gasteiger partial charge on any atom is -0.480 e. The van der Waals surface area contributed by atoms with Crippen molar-refractivity contribution < 1.29 is 19.4 Å². The average molecular weight is 330 g/mol. The molecule has 0 fully saturated rings. The third-order valence-electron chi connectivity index (χ3n) is 3.66. The third-order valence-corrected chi connectivity index (χ3v) is 3.66. The lowest BCUT2D eigenvalue weighted by Crippen LogP contribution is -2.42. The summed E-state index contributed by atoms with van der Waals surface area (Å²) in [4.78, 5) is 26.5. The van der Waals surface area contributed by atoms with Crippen LogP contribution in [0.5, 0.6) is 0 Å². The number of hydrogen-bond donors (Lipinski definition) is 3. The molecule has 0 saturated heterocycles. The van der Waals surface area contributed by atoms with E-state index < -0.39 is 12.0 Å². The number of benzene rings is 1. The van der Waals surface area contributed by atoms with Crippen molar-refractivity contribution in [1.29, 1.82) is 0 Å². The zero-order valence-electron chi connectivity index (χ0n) is 13.5. The highest BCUT2D eigenvalue weighted by molar-refractivity contribution is 5.86. The van der Waals surface area contributed by atoms with E-state index >= 15 is 0 Å². The minimum absolute atomic E-state index is 0.231. The van der Waals surface area contributed by atoms with Crippen LogP contribution >= 0.6 is 0 Å². The van der Waals surface area contributed by atoms with E-state index in [9.17, 15) is 14.7 Å². The Bertz CT molecular complexity index is 708. The maximum Gasteiger partial charge on any atom is 0.326 e. The fourth-order valence-electron chi connectivity index (χ4n) is 2.49. The molecule has 1 amide bonds. The summed E-state index contributed by atoms with van der Waals surface area (Å²) >= 11 is 0. The first-order valence-corrected chi connectivity index (χ1v) is 7.87. The van der Waals surface area contributed by atoms with Gasteiger partial charge in [0.1, 0.15) is 6.04 Å². The maximum atomic E-state index is 11.9. The summed E-state index contributed by atoms with van der Waals surface area (Å²) in [5.74, 6) is -1.33. The zero-order valence-corrected chi connectivity index (χ0v) is 13.5. The molecule has 24 heavy (non-hydrogen) atoms. The second-order valence-electron chi connectivity index (χ2n) is 5.49. The Labute approximate surface area is 140 Å². The van der Waals surface area contributed by atoms with Gasteiger partial charge in [-0.25, -0.2) is 4.79 Å². The standard InChI is InChI=1S/C18H22N2O4/c1-2-9-24-10-5-8-17(21)20-16(18(22)23)11-13-12-19-15-7-4-3-6-14(13)15/h2-4,6-7,12,16,19H,1,5,8-11H2,(H,20,21)(H,22,23). The van der Waals surface area contributed by atoms with Crippen molar-refractivity contribution in [2.45, 2.75) is 25.3 Å². The molecule has 0 radical (unpaired) electrons. The smallest absolute Gasteiger partial charge is 0.326 e. The van der Waals surface area contributed by atoms with Crippen LogP contribution in [-0.2, 0) is 20.7 Å². The van der Waals surface area contributed by atoms with Crippen LogP contribution in [0.1, 0.15) is 18.4 Å². The Balaban J connectivity index is 1.91. The van der Waals surface area contributed by atoms with Gasteiger partial charge in [0.25, 0.3) is 0 Å². The Morgan fingerprint density at radius 3 is 2.92 bits per heavy atom. The fourth-order valence-corrected chi connectivity index (χ4v) is 2.49. The van der Waals surface area contributed by atoms with Crippen molar-refractivity contribution >= 4 is 22.8 Å². The second kappa shape index (κ2) is 8.88.